The van der Waals surface area contributed by atoms with Crippen LogP contribution in [0.25, 0.3) is 10.3 Å². The van der Waals surface area contributed by atoms with Crippen LogP contribution in [0.4, 0.5) is 11.4 Å². The molecule has 1 aromatic carbocycles. The number of hydrogen-bond donors (Lipinski definition) is 2. The van der Waals surface area contributed by atoms with Crippen molar-refractivity contribution in [3.05, 3.63) is 41.5 Å². The summed E-state index contributed by atoms with van der Waals surface area (Å²) in [7, 11) is 1.57. The number of nitrogens with one attached hydrogen (secondary N) is 1. The molecule has 0 spiro atoms. The van der Waals surface area contributed by atoms with Crippen LogP contribution < -0.4 is 15.8 Å². The number of anilines is 2. The van der Waals surface area contributed by atoms with E-state index in [1.165, 1.54) is 11.3 Å². The number of fused-ring (bicyclic) bond motifs is 1. The van der Waals surface area contributed by atoms with Gasteiger partial charge in [0.2, 0.25) is 0 Å². The number of carbonyl (C=O) groups excluding carboxylic acids is 1. The third-order valence-electron chi connectivity index (χ3n) is 2.90. The van der Waals surface area contributed by atoms with Crippen molar-refractivity contribution in [3.8, 4) is 5.75 Å². The van der Waals surface area contributed by atoms with Crippen molar-refractivity contribution in [3.63, 3.8) is 0 Å². The maximum atomic E-state index is 12.3. The number of nitrogen functional groups attached to an aromatic ring is 1. The molecule has 2 aromatic heterocycles. The second-order valence-electron chi connectivity index (χ2n) is 4.24. The van der Waals surface area contributed by atoms with Gasteiger partial charge in [0.15, 0.2) is 0 Å². The van der Waals surface area contributed by atoms with Gasteiger partial charge in [-0.2, -0.15) is 0 Å². The van der Waals surface area contributed by atoms with Crippen LogP contribution in [0.3, 0.4) is 0 Å². The highest BCUT2D eigenvalue weighted by Crippen LogP contribution is 2.31. The molecule has 0 atom stereocenters. The summed E-state index contributed by atoms with van der Waals surface area (Å²) < 4.78 is 5.12. The van der Waals surface area contributed by atoms with Crippen molar-refractivity contribution in [1.82, 2.24) is 9.97 Å². The van der Waals surface area contributed by atoms with Crippen molar-refractivity contribution >= 4 is 39.0 Å². The summed E-state index contributed by atoms with van der Waals surface area (Å²) in [5, 5.41) is 2.79. The van der Waals surface area contributed by atoms with E-state index in [1.54, 1.807) is 43.8 Å². The van der Waals surface area contributed by atoms with Gasteiger partial charge < -0.3 is 15.8 Å². The highest BCUT2D eigenvalue weighted by molar-refractivity contribution is 7.21. The van der Waals surface area contributed by atoms with Crippen LogP contribution >= 0.6 is 11.3 Å². The fraction of sp³-hybridized carbons (Fsp3) is 0.0714. The van der Waals surface area contributed by atoms with Crippen LogP contribution in [0.1, 0.15) is 9.67 Å². The number of nitrogens with two attached hydrogens (primary N) is 1. The average Bonchev–Trinajstić information content (AvgIpc) is 2.85. The maximum absolute atomic E-state index is 12.3. The van der Waals surface area contributed by atoms with E-state index < -0.39 is 0 Å². The Morgan fingerprint density at radius 1 is 1.33 bits per heavy atom. The molecule has 2 heterocycles. The molecule has 0 saturated heterocycles. The first kappa shape index (κ1) is 13.3. The van der Waals surface area contributed by atoms with Gasteiger partial charge >= 0.3 is 0 Å². The van der Waals surface area contributed by atoms with Gasteiger partial charge in [0.25, 0.3) is 5.91 Å². The Morgan fingerprint density at radius 3 is 2.90 bits per heavy atom. The molecular formula is C14H12N4O2S. The van der Waals surface area contributed by atoms with Gasteiger partial charge in [0, 0.05) is 24.1 Å². The molecule has 3 rings (SSSR count). The van der Waals surface area contributed by atoms with Crippen molar-refractivity contribution < 1.29 is 9.53 Å². The second-order valence-corrected chi connectivity index (χ2v) is 5.24. The van der Waals surface area contributed by atoms with E-state index in [4.69, 9.17) is 10.5 Å². The summed E-state index contributed by atoms with van der Waals surface area (Å²) in [4.78, 5) is 21.7. The predicted octanol–water partition coefficient (Wildman–Crippen LogP) is 2.53. The summed E-state index contributed by atoms with van der Waals surface area (Å²) in [6.45, 7) is 0. The topological polar surface area (TPSA) is 90.1 Å². The molecule has 3 aromatic rings. The molecule has 0 unspecified atom stereocenters. The van der Waals surface area contributed by atoms with Gasteiger partial charge in [-0.15, -0.1) is 11.3 Å². The third-order valence-corrected chi connectivity index (χ3v) is 4.00. The summed E-state index contributed by atoms with van der Waals surface area (Å²) in [5.41, 5.74) is 7.51. The molecule has 106 valence electrons. The number of thiophene rings is 1. The lowest BCUT2D eigenvalue weighted by Gasteiger charge is -2.06. The monoisotopic (exact) mass is 300 g/mol. The second kappa shape index (κ2) is 5.37. The van der Waals surface area contributed by atoms with Crippen molar-refractivity contribution in [2.75, 3.05) is 18.2 Å². The van der Waals surface area contributed by atoms with E-state index >= 15 is 0 Å². The summed E-state index contributed by atoms with van der Waals surface area (Å²) in [5.74, 6) is 0.381. The van der Waals surface area contributed by atoms with Crippen LogP contribution in [-0.4, -0.2) is 23.0 Å². The van der Waals surface area contributed by atoms with Crippen LogP contribution in [0.2, 0.25) is 0 Å². The minimum Gasteiger partial charge on any atom is -0.497 e. The summed E-state index contributed by atoms with van der Waals surface area (Å²) in [6.07, 6.45) is 3.12. The molecule has 0 saturated carbocycles. The predicted molar refractivity (Wildman–Crippen MR) is 82.8 cm³/mol. The zero-order valence-corrected chi connectivity index (χ0v) is 12.0. The van der Waals surface area contributed by atoms with Crippen molar-refractivity contribution in [2.24, 2.45) is 0 Å². The molecule has 0 aliphatic rings. The Hall–Kier alpha value is -2.67. The maximum Gasteiger partial charge on any atom is 0.268 e. The molecule has 21 heavy (non-hydrogen) atoms. The molecule has 0 bridgehead atoms. The van der Waals surface area contributed by atoms with Crippen LogP contribution in [0.5, 0.6) is 5.75 Å². The van der Waals surface area contributed by atoms with Crippen LogP contribution in [0, 0.1) is 0 Å². The minimum atomic E-state index is -0.287. The fourth-order valence-electron chi connectivity index (χ4n) is 1.90. The smallest absolute Gasteiger partial charge is 0.268 e. The molecule has 3 N–H and O–H groups in total. The highest BCUT2D eigenvalue weighted by Gasteiger charge is 2.18. The lowest BCUT2D eigenvalue weighted by Crippen LogP contribution is -2.12. The number of hydrogen-bond acceptors (Lipinski definition) is 6. The molecule has 7 heteroatoms. The van der Waals surface area contributed by atoms with E-state index in [0.717, 1.165) is 0 Å². The first-order chi connectivity index (χ1) is 10.2. The molecule has 1 amide bonds. The number of nitrogens with zero attached hydrogens (tertiary/aromatic N) is 2. The first-order valence-electron chi connectivity index (χ1n) is 6.13. The molecule has 0 fully saturated rings. The van der Waals surface area contributed by atoms with Crippen LogP contribution in [-0.2, 0) is 0 Å². The molecular weight excluding hydrogens is 288 g/mol. The number of ether oxygens (including phenoxy) is 1. The van der Waals surface area contributed by atoms with Crippen LogP contribution in [0.15, 0.2) is 36.7 Å². The van der Waals surface area contributed by atoms with E-state index in [1.807, 2.05) is 0 Å². The number of aromatic nitrogens is 2. The Bertz CT molecular complexity index is 816. The van der Waals surface area contributed by atoms with Gasteiger partial charge in [-0.25, -0.2) is 9.97 Å². The molecule has 6 nitrogen and oxygen atoms in total. The number of methoxy groups -OCH3 is 1. The zero-order chi connectivity index (χ0) is 14.8. The van der Waals surface area contributed by atoms with E-state index in [9.17, 15) is 4.79 Å². The van der Waals surface area contributed by atoms with Gasteiger partial charge in [-0.05, 0) is 12.1 Å². The first-order valence-corrected chi connectivity index (χ1v) is 6.95. The van der Waals surface area contributed by atoms with Crippen molar-refractivity contribution in [1.29, 1.82) is 0 Å². The number of rotatable bonds is 3. The van der Waals surface area contributed by atoms with Gasteiger partial charge in [0.05, 0.1) is 12.8 Å². The SMILES string of the molecule is COc1cccc(NC(=O)c2sc3nccnc3c2N)c1. The number of carbonyl (C=O) groups is 1. The largest absolute Gasteiger partial charge is 0.497 e. The summed E-state index contributed by atoms with van der Waals surface area (Å²) >= 11 is 1.22. The highest BCUT2D eigenvalue weighted by atomic mass is 32.1. The number of benzene rings is 1. The third kappa shape index (κ3) is 2.50. The van der Waals surface area contributed by atoms with E-state index in [0.29, 0.717) is 32.3 Å². The lowest BCUT2D eigenvalue weighted by molar-refractivity contribution is 0.103. The Labute approximate surface area is 124 Å². The average molecular weight is 300 g/mol. The standard InChI is InChI=1S/C14H12N4O2S/c1-20-9-4-2-3-8(7-9)18-13(19)12-10(15)11-14(21-12)17-6-5-16-11/h2-7H,15H2,1H3,(H,18,19). The quantitative estimate of drug-likeness (QED) is 0.775. The number of amides is 1. The lowest BCUT2D eigenvalue weighted by atomic mass is 10.3. The Kier molecular flexibility index (Phi) is 3.41. The van der Waals surface area contributed by atoms with Gasteiger partial charge in [-0.1, -0.05) is 6.07 Å². The Morgan fingerprint density at radius 2 is 2.14 bits per heavy atom. The van der Waals surface area contributed by atoms with E-state index in [2.05, 4.69) is 15.3 Å². The van der Waals surface area contributed by atoms with E-state index in [-0.39, 0.29) is 5.91 Å². The minimum absolute atomic E-state index is 0.287. The van der Waals surface area contributed by atoms with Gasteiger partial charge in [-0.3, -0.25) is 4.79 Å². The molecule has 0 aliphatic carbocycles. The molecule has 0 radical (unpaired) electrons. The van der Waals surface area contributed by atoms with Gasteiger partial charge in [0.1, 0.15) is 21.0 Å². The molecule has 0 aliphatic heterocycles. The zero-order valence-electron chi connectivity index (χ0n) is 11.2. The summed E-state index contributed by atoms with van der Waals surface area (Å²) in [6, 6.07) is 7.11. The normalized spacial score (nSPS) is 10.5. The van der Waals surface area contributed by atoms with Crippen molar-refractivity contribution in [2.45, 2.75) is 0 Å². The Balaban J connectivity index is 1.91. The fourth-order valence-corrected chi connectivity index (χ4v) is 2.82.